The summed E-state index contributed by atoms with van der Waals surface area (Å²) in [6, 6.07) is 4.82. The maximum absolute atomic E-state index is 13.0. The van der Waals surface area contributed by atoms with Crippen molar-refractivity contribution in [1.29, 1.82) is 0 Å². The molecule has 0 bridgehead atoms. The van der Waals surface area contributed by atoms with Crippen LogP contribution in [-0.2, 0) is 6.42 Å². The van der Waals surface area contributed by atoms with Crippen LogP contribution in [0.25, 0.3) is 0 Å². The molecule has 0 spiro atoms. The average molecular weight is 230 g/mol. The SMILES string of the molecule is CCCNC(C)Cc1cc(F)ccc1Cl. The molecule has 0 aromatic heterocycles. The van der Waals surface area contributed by atoms with Crippen molar-refractivity contribution in [1.82, 2.24) is 5.32 Å². The van der Waals surface area contributed by atoms with E-state index in [9.17, 15) is 4.39 Å². The first-order chi connectivity index (χ1) is 7.13. The molecular weight excluding hydrogens is 213 g/mol. The molecule has 0 aliphatic rings. The summed E-state index contributed by atoms with van der Waals surface area (Å²) in [7, 11) is 0. The van der Waals surface area contributed by atoms with Crippen LogP contribution in [0.5, 0.6) is 0 Å². The standard InChI is InChI=1S/C12H17ClFN/c1-3-6-15-9(2)7-10-8-11(14)4-5-12(10)13/h4-5,8-9,15H,3,6-7H2,1-2H3. The molecule has 84 valence electrons. The number of benzene rings is 1. The lowest BCUT2D eigenvalue weighted by Gasteiger charge is -2.14. The van der Waals surface area contributed by atoms with E-state index >= 15 is 0 Å². The topological polar surface area (TPSA) is 12.0 Å². The minimum absolute atomic E-state index is 0.225. The Kier molecular flexibility index (Phi) is 5.06. The largest absolute Gasteiger partial charge is 0.314 e. The van der Waals surface area contributed by atoms with Crippen LogP contribution < -0.4 is 5.32 Å². The monoisotopic (exact) mass is 229 g/mol. The molecule has 1 aromatic rings. The van der Waals surface area contributed by atoms with Crippen LogP contribution >= 0.6 is 11.6 Å². The quantitative estimate of drug-likeness (QED) is 0.816. The number of hydrogen-bond acceptors (Lipinski definition) is 1. The van der Waals surface area contributed by atoms with E-state index in [0.29, 0.717) is 11.1 Å². The van der Waals surface area contributed by atoms with Crippen molar-refractivity contribution in [2.45, 2.75) is 32.7 Å². The highest BCUT2D eigenvalue weighted by atomic mass is 35.5. The van der Waals surface area contributed by atoms with Crippen molar-refractivity contribution in [3.05, 3.63) is 34.6 Å². The zero-order valence-electron chi connectivity index (χ0n) is 9.19. The third-order valence-corrected chi connectivity index (χ3v) is 2.65. The van der Waals surface area contributed by atoms with Gasteiger partial charge in [-0.15, -0.1) is 0 Å². The average Bonchev–Trinajstić information content (AvgIpc) is 2.20. The Hall–Kier alpha value is -0.600. The third kappa shape index (κ3) is 4.18. The van der Waals surface area contributed by atoms with Gasteiger partial charge in [-0.2, -0.15) is 0 Å². The predicted molar refractivity (Wildman–Crippen MR) is 62.9 cm³/mol. The Bertz CT molecular complexity index is 314. The van der Waals surface area contributed by atoms with E-state index < -0.39 is 0 Å². The predicted octanol–water partition coefficient (Wildman–Crippen LogP) is 3.41. The van der Waals surface area contributed by atoms with Gasteiger partial charge in [0.25, 0.3) is 0 Å². The number of halogens is 2. The highest BCUT2D eigenvalue weighted by molar-refractivity contribution is 6.31. The van der Waals surface area contributed by atoms with Crippen molar-refractivity contribution in [2.75, 3.05) is 6.54 Å². The van der Waals surface area contributed by atoms with E-state index in [1.54, 1.807) is 6.07 Å². The Morgan fingerprint density at radius 3 is 2.87 bits per heavy atom. The Balaban J connectivity index is 2.59. The van der Waals surface area contributed by atoms with Crippen molar-refractivity contribution in [3.63, 3.8) is 0 Å². The molecule has 1 rings (SSSR count). The first-order valence-electron chi connectivity index (χ1n) is 5.30. The lowest BCUT2D eigenvalue weighted by molar-refractivity contribution is 0.541. The first kappa shape index (κ1) is 12.5. The molecule has 1 nitrogen and oxygen atoms in total. The second-order valence-electron chi connectivity index (χ2n) is 3.80. The van der Waals surface area contributed by atoms with E-state index in [1.165, 1.54) is 12.1 Å². The smallest absolute Gasteiger partial charge is 0.123 e. The molecule has 0 heterocycles. The van der Waals surface area contributed by atoms with Gasteiger partial charge in [0.15, 0.2) is 0 Å². The van der Waals surface area contributed by atoms with E-state index in [2.05, 4.69) is 19.2 Å². The summed E-state index contributed by atoms with van der Waals surface area (Å²) in [5.41, 5.74) is 0.868. The van der Waals surface area contributed by atoms with Crippen LogP contribution in [0, 0.1) is 5.82 Å². The molecule has 0 aliphatic heterocycles. The summed E-state index contributed by atoms with van der Waals surface area (Å²) in [6.07, 6.45) is 1.86. The van der Waals surface area contributed by atoms with E-state index in [1.807, 2.05) is 0 Å². The minimum Gasteiger partial charge on any atom is -0.314 e. The Labute approximate surface area is 95.6 Å². The molecule has 3 heteroatoms. The molecule has 0 radical (unpaired) electrons. The van der Waals surface area contributed by atoms with Gasteiger partial charge in [-0.1, -0.05) is 18.5 Å². The molecule has 1 aromatic carbocycles. The molecule has 15 heavy (non-hydrogen) atoms. The normalized spacial score (nSPS) is 12.8. The van der Waals surface area contributed by atoms with Crippen LogP contribution in [-0.4, -0.2) is 12.6 Å². The summed E-state index contributed by atoms with van der Waals surface area (Å²) in [4.78, 5) is 0. The van der Waals surface area contributed by atoms with Gasteiger partial charge in [0.1, 0.15) is 5.82 Å². The third-order valence-electron chi connectivity index (χ3n) is 2.28. The highest BCUT2D eigenvalue weighted by Gasteiger charge is 2.06. The molecule has 0 aliphatic carbocycles. The molecular formula is C12H17ClFN. The summed E-state index contributed by atoms with van der Waals surface area (Å²) < 4.78 is 13.0. The van der Waals surface area contributed by atoms with E-state index in [4.69, 9.17) is 11.6 Å². The van der Waals surface area contributed by atoms with Crippen LogP contribution in [0.15, 0.2) is 18.2 Å². The summed E-state index contributed by atoms with van der Waals surface area (Å²) in [6.45, 7) is 5.18. The zero-order chi connectivity index (χ0) is 11.3. The second kappa shape index (κ2) is 6.09. The molecule has 1 N–H and O–H groups in total. The molecule has 0 fully saturated rings. The van der Waals surface area contributed by atoms with Gasteiger partial charge in [-0.25, -0.2) is 4.39 Å². The van der Waals surface area contributed by atoms with Crippen molar-refractivity contribution < 1.29 is 4.39 Å². The van der Waals surface area contributed by atoms with Gasteiger partial charge in [-0.3, -0.25) is 0 Å². The first-order valence-corrected chi connectivity index (χ1v) is 5.68. The van der Waals surface area contributed by atoms with Crippen LogP contribution in [0.2, 0.25) is 5.02 Å². The summed E-state index contributed by atoms with van der Waals surface area (Å²) >= 11 is 5.98. The van der Waals surface area contributed by atoms with Crippen LogP contribution in [0.4, 0.5) is 4.39 Å². The molecule has 0 amide bonds. The highest BCUT2D eigenvalue weighted by Crippen LogP contribution is 2.18. The van der Waals surface area contributed by atoms with Crippen molar-refractivity contribution in [2.24, 2.45) is 0 Å². The van der Waals surface area contributed by atoms with Crippen molar-refractivity contribution >= 4 is 11.6 Å². The fourth-order valence-corrected chi connectivity index (χ4v) is 1.69. The molecule has 0 saturated heterocycles. The maximum atomic E-state index is 13.0. The molecule has 0 saturated carbocycles. The molecule has 1 unspecified atom stereocenters. The lowest BCUT2D eigenvalue weighted by Crippen LogP contribution is -2.28. The number of hydrogen-bond donors (Lipinski definition) is 1. The van der Waals surface area contributed by atoms with Gasteiger partial charge in [0.2, 0.25) is 0 Å². The Morgan fingerprint density at radius 2 is 2.20 bits per heavy atom. The van der Waals surface area contributed by atoms with E-state index in [-0.39, 0.29) is 5.82 Å². The van der Waals surface area contributed by atoms with Crippen LogP contribution in [0.1, 0.15) is 25.8 Å². The number of rotatable bonds is 5. The molecule has 1 atom stereocenters. The zero-order valence-corrected chi connectivity index (χ0v) is 9.94. The minimum atomic E-state index is -0.225. The van der Waals surface area contributed by atoms with Crippen molar-refractivity contribution in [3.8, 4) is 0 Å². The van der Waals surface area contributed by atoms with Crippen LogP contribution in [0.3, 0.4) is 0 Å². The van der Waals surface area contributed by atoms with Gasteiger partial charge in [-0.05, 0) is 50.1 Å². The maximum Gasteiger partial charge on any atom is 0.123 e. The van der Waals surface area contributed by atoms with Gasteiger partial charge < -0.3 is 5.32 Å². The Morgan fingerprint density at radius 1 is 1.47 bits per heavy atom. The fourth-order valence-electron chi connectivity index (χ4n) is 1.49. The van der Waals surface area contributed by atoms with Gasteiger partial charge in [0, 0.05) is 11.1 Å². The van der Waals surface area contributed by atoms with Gasteiger partial charge in [0.05, 0.1) is 0 Å². The number of nitrogens with one attached hydrogen (secondary N) is 1. The lowest BCUT2D eigenvalue weighted by atomic mass is 10.1. The van der Waals surface area contributed by atoms with E-state index in [0.717, 1.165) is 24.9 Å². The second-order valence-corrected chi connectivity index (χ2v) is 4.20. The summed E-state index contributed by atoms with van der Waals surface area (Å²) in [5.74, 6) is -0.225. The fraction of sp³-hybridized carbons (Fsp3) is 0.500. The van der Waals surface area contributed by atoms with Gasteiger partial charge >= 0.3 is 0 Å². The summed E-state index contributed by atoms with van der Waals surface area (Å²) in [5, 5.41) is 3.99.